The fraction of sp³-hybridized carbons (Fsp3) is 0.231. The molecule has 0 unspecified atom stereocenters. The standard InChI is InChI=1S/C13H13NO3/c1-2-16-8-11-9-17-13(14-11)12(15)10-6-4-3-5-7-10/h3-8H,2,9H2,1H3. The number of rotatable bonds is 4. The summed E-state index contributed by atoms with van der Waals surface area (Å²) >= 11 is 0. The first-order valence-electron chi connectivity index (χ1n) is 5.43. The average molecular weight is 231 g/mol. The summed E-state index contributed by atoms with van der Waals surface area (Å²) in [6, 6.07) is 8.94. The van der Waals surface area contributed by atoms with E-state index in [9.17, 15) is 4.79 Å². The van der Waals surface area contributed by atoms with Crippen LogP contribution in [0.15, 0.2) is 47.3 Å². The van der Waals surface area contributed by atoms with Crippen LogP contribution in [-0.4, -0.2) is 24.9 Å². The molecular formula is C13H13NO3. The normalized spacial score (nSPS) is 16.5. The Balaban J connectivity index is 2.12. The Morgan fingerprint density at radius 2 is 2.24 bits per heavy atom. The summed E-state index contributed by atoms with van der Waals surface area (Å²) < 4.78 is 10.3. The van der Waals surface area contributed by atoms with Crippen molar-refractivity contribution in [2.24, 2.45) is 4.99 Å². The number of ketones is 1. The summed E-state index contributed by atoms with van der Waals surface area (Å²) in [7, 11) is 0. The molecule has 2 rings (SSSR count). The van der Waals surface area contributed by atoms with Crippen LogP contribution < -0.4 is 0 Å². The zero-order valence-electron chi connectivity index (χ0n) is 9.55. The summed E-state index contributed by atoms with van der Waals surface area (Å²) in [5, 5.41) is 0. The SMILES string of the molecule is CCOC=C1COC(C(=O)c2ccccc2)=N1. The Bertz CT molecular complexity index is 463. The minimum atomic E-state index is -0.203. The van der Waals surface area contributed by atoms with Crippen molar-refractivity contribution >= 4 is 11.7 Å². The molecule has 0 spiro atoms. The molecule has 1 aromatic rings. The van der Waals surface area contributed by atoms with E-state index in [0.29, 0.717) is 17.9 Å². The van der Waals surface area contributed by atoms with Gasteiger partial charge in [0.2, 0.25) is 5.78 Å². The first kappa shape index (κ1) is 11.4. The van der Waals surface area contributed by atoms with E-state index in [1.165, 1.54) is 6.26 Å². The number of hydrogen-bond acceptors (Lipinski definition) is 4. The zero-order valence-corrected chi connectivity index (χ0v) is 9.55. The van der Waals surface area contributed by atoms with Crippen molar-refractivity contribution in [3.8, 4) is 0 Å². The second kappa shape index (κ2) is 5.30. The molecule has 0 amide bonds. The molecule has 0 N–H and O–H groups in total. The van der Waals surface area contributed by atoms with E-state index < -0.39 is 0 Å². The maximum Gasteiger partial charge on any atom is 0.264 e. The Labute approximate surface area is 99.6 Å². The molecule has 0 fully saturated rings. The van der Waals surface area contributed by atoms with Crippen molar-refractivity contribution in [3.63, 3.8) is 0 Å². The lowest BCUT2D eigenvalue weighted by atomic mass is 10.1. The first-order valence-corrected chi connectivity index (χ1v) is 5.43. The van der Waals surface area contributed by atoms with Gasteiger partial charge in [0.1, 0.15) is 18.6 Å². The van der Waals surface area contributed by atoms with Crippen molar-refractivity contribution in [3.05, 3.63) is 47.9 Å². The number of hydrogen-bond donors (Lipinski definition) is 0. The third-order valence-electron chi connectivity index (χ3n) is 2.22. The molecule has 0 atom stereocenters. The topological polar surface area (TPSA) is 47.9 Å². The van der Waals surface area contributed by atoms with E-state index in [-0.39, 0.29) is 18.3 Å². The number of nitrogens with zero attached hydrogens (tertiary/aromatic N) is 1. The van der Waals surface area contributed by atoms with Gasteiger partial charge in [0, 0.05) is 5.56 Å². The summed E-state index contributed by atoms with van der Waals surface area (Å²) in [5.74, 6) is -0.0762. The maximum absolute atomic E-state index is 11.9. The fourth-order valence-corrected chi connectivity index (χ4v) is 1.41. The number of aliphatic imine (C=N–C) groups is 1. The molecule has 17 heavy (non-hydrogen) atoms. The van der Waals surface area contributed by atoms with E-state index in [0.717, 1.165) is 0 Å². The molecule has 1 aliphatic rings. The molecule has 4 nitrogen and oxygen atoms in total. The number of benzene rings is 1. The smallest absolute Gasteiger partial charge is 0.264 e. The van der Waals surface area contributed by atoms with Crippen LogP contribution in [0.25, 0.3) is 0 Å². The van der Waals surface area contributed by atoms with E-state index in [4.69, 9.17) is 9.47 Å². The highest BCUT2D eigenvalue weighted by Gasteiger charge is 2.21. The molecule has 88 valence electrons. The number of Topliss-reactive ketones (excluding diaryl/α,β-unsaturated/α-hetero) is 1. The molecule has 1 heterocycles. The van der Waals surface area contributed by atoms with Gasteiger partial charge in [-0.05, 0) is 6.92 Å². The lowest BCUT2D eigenvalue weighted by Crippen LogP contribution is -2.14. The van der Waals surface area contributed by atoms with Gasteiger partial charge in [0.15, 0.2) is 0 Å². The van der Waals surface area contributed by atoms with E-state index in [1.807, 2.05) is 13.0 Å². The molecule has 0 bridgehead atoms. The van der Waals surface area contributed by atoms with E-state index in [1.54, 1.807) is 24.3 Å². The second-order valence-electron chi connectivity index (χ2n) is 3.47. The highest BCUT2D eigenvalue weighted by atomic mass is 16.5. The Morgan fingerprint density at radius 1 is 1.47 bits per heavy atom. The van der Waals surface area contributed by atoms with Crippen LogP contribution in [0, 0.1) is 0 Å². The number of ether oxygens (including phenoxy) is 2. The summed E-state index contributed by atoms with van der Waals surface area (Å²) in [6.07, 6.45) is 1.52. The van der Waals surface area contributed by atoms with Crippen LogP contribution in [0.4, 0.5) is 0 Å². The first-order chi connectivity index (χ1) is 8.31. The molecule has 0 aromatic heterocycles. The predicted octanol–water partition coefficient (Wildman–Crippen LogP) is 2.18. The Morgan fingerprint density at radius 3 is 2.94 bits per heavy atom. The Hall–Kier alpha value is -2.10. The lowest BCUT2D eigenvalue weighted by Gasteiger charge is -1.99. The van der Waals surface area contributed by atoms with Crippen molar-refractivity contribution < 1.29 is 14.3 Å². The molecule has 1 aromatic carbocycles. The third kappa shape index (κ3) is 2.72. The van der Waals surface area contributed by atoms with Gasteiger partial charge in [0.05, 0.1) is 6.61 Å². The third-order valence-corrected chi connectivity index (χ3v) is 2.22. The largest absolute Gasteiger partial charge is 0.499 e. The molecule has 0 saturated heterocycles. The molecule has 4 heteroatoms. The van der Waals surface area contributed by atoms with Gasteiger partial charge >= 0.3 is 0 Å². The molecule has 1 aliphatic heterocycles. The zero-order chi connectivity index (χ0) is 12.1. The lowest BCUT2D eigenvalue weighted by molar-refractivity contribution is 0.103. The van der Waals surface area contributed by atoms with Gasteiger partial charge in [-0.3, -0.25) is 4.79 Å². The van der Waals surface area contributed by atoms with E-state index >= 15 is 0 Å². The number of carbonyl (C=O) groups is 1. The van der Waals surface area contributed by atoms with Gasteiger partial charge in [0.25, 0.3) is 5.90 Å². The van der Waals surface area contributed by atoms with Crippen LogP contribution in [0.2, 0.25) is 0 Å². The van der Waals surface area contributed by atoms with Crippen LogP contribution in [0.3, 0.4) is 0 Å². The van der Waals surface area contributed by atoms with Crippen LogP contribution in [0.1, 0.15) is 17.3 Å². The minimum absolute atomic E-state index is 0.127. The summed E-state index contributed by atoms with van der Waals surface area (Å²) in [6.45, 7) is 2.74. The van der Waals surface area contributed by atoms with Gasteiger partial charge < -0.3 is 9.47 Å². The van der Waals surface area contributed by atoms with Crippen molar-refractivity contribution in [1.82, 2.24) is 0 Å². The van der Waals surface area contributed by atoms with Crippen LogP contribution >= 0.6 is 0 Å². The molecule has 0 saturated carbocycles. The molecule has 0 radical (unpaired) electrons. The second-order valence-corrected chi connectivity index (χ2v) is 3.47. The maximum atomic E-state index is 11.9. The quantitative estimate of drug-likeness (QED) is 0.589. The highest BCUT2D eigenvalue weighted by Crippen LogP contribution is 2.12. The monoisotopic (exact) mass is 231 g/mol. The Kier molecular flexibility index (Phi) is 3.55. The molecular weight excluding hydrogens is 218 g/mol. The van der Waals surface area contributed by atoms with Crippen molar-refractivity contribution in [2.75, 3.05) is 13.2 Å². The van der Waals surface area contributed by atoms with E-state index in [2.05, 4.69) is 4.99 Å². The summed E-state index contributed by atoms with van der Waals surface area (Å²) in [5.41, 5.74) is 1.20. The van der Waals surface area contributed by atoms with Crippen LogP contribution in [0.5, 0.6) is 0 Å². The average Bonchev–Trinajstić information content (AvgIpc) is 2.85. The van der Waals surface area contributed by atoms with Gasteiger partial charge in [-0.25, -0.2) is 4.99 Å². The van der Waals surface area contributed by atoms with Gasteiger partial charge in [-0.15, -0.1) is 0 Å². The van der Waals surface area contributed by atoms with Gasteiger partial charge in [-0.1, -0.05) is 30.3 Å². The fourth-order valence-electron chi connectivity index (χ4n) is 1.41. The van der Waals surface area contributed by atoms with Crippen molar-refractivity contribution in [2.45, 2.75) is 6.92 Å². The van der Waals surface area contributed by atoms with Crippen molar-refractivity contribution in [1.29, 1.82) is 0 Å². The van der Waals surface area contributed by atoms with Crippen LogP contribution in [-0.2, 0) is 9.47 Å². The highest BCUT2D eigenvalue weighted by molar-refractivity contribution is 6.43. The molecule has 0 aliphatic carbocycles. The predicted molar refractivity (Wildman–Crippen MR) is 63.9 cm³/mol. The minimum Gasteiger partial charge on any atom is -0.499 e. The number of carbonyl (C=O) groups excluding carboxylic acids is 1. The summed E-state index contributed by atoms with van der Waals surface area (Å²) in [4.78, 5) is 16.0. The van der Waals surface area contributed by atoms with Gasteiger partial charge in [-0.2, -0.15) is 0 Å².